The number of thiol groups is 1. The summed E-state index contributed by atoms with van der Waals surface area (Å²) >= 11 is 7.79. The third-order valence-electron chi connectivity index (χ3n) is 3.12. The highest BCUT2D eigenvalue weighted by molar-refractivity contribution is 9.11. The lowest BCUT2D eigenvalue weighted by molar-refractivity contribution is 0.550. The Labute approximate surface area is 124 Å². The van der Waals surface area contributed by atoms with Crippen LogP contribution >= 0.6 is 28.6 Å². The molecule has 0 aromatic heterocycles. The molecule has 0 aliphatic heterocycles. The number of rotatable bonds is 5. The molecular weight excluding hydrogens is 308 g/mol. The van der Waals surface area contributed by atoms with E-state index in [0.29, 0.717) is 11.1 Å². The van der Waals surface area contributed by atoms with Crippen LogP contribution in [0.4, 0.5) is 0 Å². The van der Waals surface area contributed by atoms with Crippen LogP contribution in [-0.2, 0) is 0 Å². The average Bonchev–Trinajstić information content (AvgIpc) is 2.63. The molecule has 1 aliphatic carbocycles. The van der Waals surface area contributed by atoms with Crippen LogP contribution in [0.15, 0.2) is 38.9 Å². The van der Waals surface area contributed by atoms with Gasteiger partial charge in [0.15, 0.2) is 0 Å². The third kappa shape index (κ3) is 4.32. The van der Waals surface area contributed by atoms with Crippen LogP contribution in [-0.4, -0.2) is 12.3 Å². The largest absolute Gasteiger partial charge is 0.382 e. The maximum atomic E-state index is 4.39. The molecule has 0 radical (unpaired) electrons. The summed E-state index contributed by atoms with van der Waals surface area (Å²) in [4.78, 5) is 4.18. The lowest BCUT2D eigenvalue weighted by Crippen LogP contribution is -2.26. The van der Waals surface area contributed by atoms with Crippen molar-refractivity contribution in [3.05, 3.63) is 33.9 Å². The molecule has 2 nitrogen and oxygen atoms in total. The third-order valence-corrected chi connectivity index (χ3v) is 3.86. The highest BCUT2D eigenvalue weighted by Gasteiger charge is 2.22. The van der Waals surface area contributed by atoms with E-state index in [1.54, 1.807) is 6.21 Å². The molecule has 0 spiro atoms. The minimum absolute atomic E-state index is 0.501. The normalized spacial score (nSPS) is 25.1. The summed E-state index contributed by atoms with van der Waals surface area (Å²) in [6, 6.07) is 0.501. The first kappa shape index (κ1) is 15.6. The van der Waals surface area contributed by atoms with Crippen LogP contribution < -0.4 is 5.32 Å². The van der Waals surface area contributed by atoms with Crippen LogP contribution in [0.1, 0.15) is 33.1 Å². The second-order valence-electron chi connectivity index (χ2n) is 4.73. The van der Waals surface area contributed by atoms with Gasteiger partial charge in [0.05, 0.1) is 0 Å². The van der Waals surface area contributed by atoms with Crippen molar-refractivity contribution in [3.8, 4) is 0 Å². The highest BCUT2D eigenvalue weighted by Crippen LogP contribution is 2.30. The second-order valence-corrected chi connectivity index (χ2v) is 6.11. The molecule has 100 valence electrons. The van der Waals surface area contributed by atoms with Crippen molar-refractivity contribution in [2.24, 2.45) is 10.9 Å². The first-order chi connectivity index (χ1) is 8.45. The zero-order valence-corrected chi connectivity index (χ0v) is 13.5. The standard InChI is InChI=1S/C14H21BrN2S/c1-5-16-14(18)13(10(3)15)11(4)17-12-7-6-9(2)8-12/h5,9,12,17-18H,3-4,6-8H2,1-2H3/b14-13+,16-5-. The van der Waals surface area contributed by atoms with Gasteiger partial charge in [-0.15, -0.1) is 12.6 Å². The van der Waals surface area contributed by atoms with Gasteiger partial charge >= 0.3 is 0 Å². The predicted molar refractivity (Wildman–Crippen MR) is 87.3 cm³/mol. The summed E-state index contributed by atoms with van der Waals surface area (Å²) in [5.74, 6) is 0.791. The summed E-state index contributed by atoms with van der Waals surface area (Å²) in [5.41, 5.74) is 1.68. The van der Waals surface area contributed by atoms with E-state index in [9.17, 15) is 0 Å². The van der Waals surface area contributed by atoms with E-state index >= 15 is 0 Å². The van der Waals surface area contributed by atoms with Gasteiger partial charge in [-0.2, -0.15) is 0 Å². The Morgan fingerprint density at radius 1 is 1.44 bits per heavy atom. The smallest absolute Gasteiger partial charge is 0.103 e. The number of halogens is 1. The van der Waals surface area contributed by atoms with E-state index in [1.807, 2.05) is 6.92 Å². The molecule has 0 aromatic rings. The van der Waals surface area contributed by atoms with Crippen molar-refractivity contribution in [1.82, 2.24) is 5.32 Å². The van der Waals surface area contributed by atoms with E-state index in [2.05, 4.69) is 58.9 Å². The Bertz CT molecular complexity index is 399. The van der Waals surface area contributed by atoms with Crippen LogP contribution in [0.2, 0.25) is 0 Å². The molecule has 1 rings (SSSR count). The Kier molecular flexibility index (Phi) is 6.22. The lowest BCUT2D eigenvalue weighted by atomic mass is 10.1. The molecule has 18 heavy (non-hydrogen) atoms. The quantitative estimate of drug-likeness (QED) is 0.436. The van der Waals surface area contributed by atoms with Crippen molar-refractivity contribution in [2.75, 3.05) is 0 Å². The van der Waals surface area contributed by atoms with Gasteiger partial charge in [0.1, 0.15) is 5.03 Å². The molecule has 1 aliphatic rings. The lowest BCUT2D eigenvalue weighted by Gasteiger charge is -2.19. The zero-order chi connectivity index (χ0) is 13.7. The van der Waals surface area contributed by atoms with E-state index < -0.39 is 0 Å². The number of allylic oxidation sites excluding steroid dienone is 1. The summed E-state index contributed by atoms with van der Waals surface area (Å²) in [7, 11) is 0. The van der Waals surface area contributed by atoms with E-state index in [-0.39, 0.29) is 0 Å². The molecule has 1 saturated carbocycles. The predicted octanol–water partition coefficient (Wildman–Crippen LogP) is 4.42. The molecule has 0 aromatic carbocycles. The van der Waals surface area contributed by atoms with Gasteiger partial charge in [0, 0.05) is 28.0 Å². The maximum Gasteiger partial charge on any atom is 0.103 e. The van der Waals surface area contributed by atoms with Crippen LogP contribution in [0, 0.1) is 5.92 Å². The molecule has 0 heterocycles. The Hall–Kier alpha value is -0.480. The highest BCUT2D eigenvalue weighted by atomic mass is 79.9. The Balaban J connectivity index is 2.78. The molecule has 0 bridgehead atoms. The molecule has 2 unspecified atom stereocenters. The van der Waals surface area contributed by atoms with Crippen molar-refractivity contribution in [1.29, 1.82) is 0 Å². The average molecular weight is 329 g/mol. The SMILES string of the molecule is C=C(Br)/C(C(=C)NC1CCC(C)C1)=C(S)/N=C\C. The monoisotopic (exact) mass is 328 g/mol. The minimum Gasteiger partial charge on any atom is -0.382 e. The first-order valence-corrected chi connectivity index (χ1v) is 7.42. The van der Waals surface area contributed by atoms with Crippen molar-refractivity contribution < 1.29 is 0 Å². The molecular formula is C14H21BrN2S. The fourth-order valence-electron chi connectivity index (χ4n) is 2.26. The number of nitrogens with one attached hydrogen (secondary N) is 1. The van der Waals surface area contributed by atoms with Gasteiger partial charge in [0.2, 0.25) is 0 Å². The van der Waals surface area contributed by atoms with Gasteiger partial charge < -0.3 is 5.32 Å². The fourth-order valence-corrected chi connectivity index (χ4v) is 3.23. The summed E-state index contributed by atoms with van der Waals surface area (Å²) in [5, 5.41) is 4.09. The van der Waals surface area contributed by atoms with E-state index in [1.165, 1.54) is 19.3 Å². The molecule has 1 N–H and O–H groups in total. The Morgan fingerprint density at radius 3 is 2.56 bits per heavy atom. The topological polar surface area (TPSA) is 24.4 Å². The van der Waals surface area contributed by atoms with Crippen LogP contribution in [0.5, 0.6) is 0 Å². The first-order valence-electron chi connectivity index (χ1n) is 6.18. The van der Waals surface area contributed by atoms with Gasteiger partial charge in [-0.1, -0.05) is 36.0 Å². The molecule has 1 fully saturated rings. The molecule has 0 amide bonds. The van der Waals surface area contributed by atoms with Gasteiger partial charge in [-0.05, 0) is 32.1 Å². The van der Waals surface area contributed by atoms with E-state index in [0.717, 1.165) is 21.7 Å². The summed E-state index contributed by atoms with van der Waals surface area (Å²) in [6.45, 7) is 12.1. The van der Waals surface area contributed by atoms with Gasteiger partial charge in [-0.25, -0.2) is 0 Å². The Morgan fingerprint density at radius 2 is 2.11 bits per heavy atom. The van der Waals surface area contributed by atoms with Crippen molar-refractivity contribution >= 4 is 34.8 Å². The van der Waals surface area contributed by atoms with Crippen molar-refractivity contribution in [2.45, 2.75) is 39.2 Å². The number of aliphatic imine (C=N–C) groups is 1. The molecule has 4 heteroatoms. The molecule has 0 saturated heterocycles. The van der Waals surface area contributed by atoms with Crippen LogP contribution in [0.25, 0.3) is 0 Å². The molecule has 2 atom stereocenters. The fraction of sp³-hybridized carbons (Fsp3) is 0.500. The second kappa shape index (κ2) is 7.19. The number of hydrogen-bond donors (Lipinski definition) is 2. The summed E-state index contributed by atoms with van der Waals surface area (Å²) in [6.07, 6.45) is 5.38. The van der Waals surface area contributed by atoms with Crippen molar-refractivity contribution in [3.63, 3.8) is 0 Å². The van der Waals surface area contributed by atoms with E-state index in [4.69, 9.17) is 0 Å². The summed E-state index contributed by atoms with van der Waals surface area (Å²) < 4.78 is 0.752. The maximum absolute atomic E-state index is 4.39. The van der Waals surface area contributed by atoms with Gasteiger partial charge in [-0.3, -0.25) is 4.99 Å². The number of hydrogen-bond acceptors (Lipinski definition) is 3. The van der Waals surface area contributed by atoms with Crippen LogP contribution in [0.3, 0.4) is 0 Å². The number of nitrogens with zero attached hydrogens (tertiary/aromatic N) is 1. The zero-order valence-electron chi connectivity index (χ0n) is 11.0. The van der Waals surface area contributed by atoms with Gasteiger partial charge in [0.25, 0.3) is 0 Å². The minimum atomic E-state index is 0.501.